The summed E-state index contributed by atoms with van der Waals surface area (Å²) in [5, 5.41) is 0. The second-order valence-corrected chi connectivity index (χ2v) is 86.9. The van der Waals surface area contributed by atoms with Crippen LogP contribution >= 0.6 is 76.4 Å². The molecule has 0 unspecified atom stereocenters. The average Bonchev–Trinajstić information content (AvgIpc) is 2.58. The summed E-state index contributed by atoms with van der Waals surface area (Å²) in [5.41, 5.74) is 0. The summed E-state index contributed by atoms with van der Waals surface area (Å²) >= 11 is 0. The highest BCUT2D eigenvalue weighted by atomic mass is 33.4. The SMILES string of the molecule is p12p3p1p23.p12p3p1p23.p12p3p1p23. The summed E-state index contributed by atoms with van der Waals surface area (Å²) < 4.78 is 0. The van der Waals surface area contributed by atoms with Crippen LogP contribution in [0.2, 0.25) is 0 Å². The minimum Gasteiger partial charge on any atom is 0 e. The van der Waals surface area contributed by atoms with Crippen molar-refractivity contribution in [1.82, 2.24) is 0 Å². The monoisotopic (exact) mass is 372 g/mol. The van der Waals surface area contributed by atoms with E-state index in [-0.39, 0.29) is 0 Å². The molecule has 12 heteroatoms. The van der Waals surface area contributed by atoms with E-state index in [0.29, 0.717) is 0 Å². The van der Waals surface area contributed by atoms with Crippen LogP contribution in [0.25, 0.3) is 0 Å². The van der Waals surface area contributed by atoms with E-state index in [4.69, 9.17) is 0 Å². The van der Waals surface area contributed by atoms with E-state index >= 15 is 0 Å². The van der Waals surface area contributed by atoms with Crippen molar-refractivity contribution in [2.45, 2.75) is 0 Å². The summed E-state index contributed by atoms with van der Waals surface area (Å²) in [4.78, 5) is 0. The van der Waals surface area contributed by atoms with Gasteiger partial charge < -0.3 is 0 Å². The van der Waals surface area contributed by atoms with Gasteiger partial charge in [0.15, 0.2) is 0 Å². The van der Waals surface area contributed by atoms with Crippen LogP contribution < -0.4 is 0 Å². The van der Waals surface area contributed by atoms with Gasteiger partial charge in [0.1, 0.15) is 0 Å². The predicted octanol–water partition coefficient (Wildman–Crippen LogP) is 10.3. The van der Waals surface area contributed by atoms with E-state index in [1.54, 1.807) is 0 Å². The van der Waals surface area contributed by atoms with Crippen LogP contribution in [0.5, 0.6) is 0 Å². The van der Waals surface area contributed by atoms with Crippen molar-refractivity contribution in [1.29, 1.82) is 0 Å². The fourth-order valence-electron chi connectivity index (χ4n) is 1.00. The summed E-state index contributed by atoms with van der Waals surface area (Å²) in [6.07, 6.45) is 12.9. The molecule has 0 saturated heterocycles. The average molecular weight is 372 g/mol. The van der Waals surface area contributed by atoms with Crippen LogP contribution in [0.4, 0.5) is 0 Å². The van der Waals surface area contributed by atoms with Crippen LogP contribution in [0, 0.1) is 0 Å². The first-order valence-corrected chi connectivity index (χ1v) is 32.4. The molecule has 0 radical (unpaired) electrons. The van der Waals surface area contributed by atoms with Crippen LogP contribution in [0.3, 0.4) is 0 Å². The molecule has 0 bridgehead atoms. The minimum absolute atomic E-state index is 1.07. The number of hydrogen-bond acceptors (Lipinski definition) is 0. The zero-order valence-corrected chi connectivity index (χ0v) is 16.1. The molecule has 12 heavy (non-hydrogen) atoms. The quantitative estimate of drug-likeness (QED) is 0.248. The normalized spacial score (nSPS) is 36.0. The van der Waals surface area contributed by atoms with E-state index in [2.05, 4.69) is 0 Å². The molecule has 0 saturated carbocycles. The van der Waals surface area contributed by atoms with Gasteiger partial charge in [-0.3, -0.25) is 0 Å². The molecule has 0 aliphatic heterocycles. The lowest BCUT2D eigenvalue weighted by atomic mass is 30.2. The topological polar surface area (TPSA) is 0 Å². The van der Waals surface area contributed by atoms with Crippen molar-refractivity contribution in [3.63, 3.8) is 0 Å². The van der Waals surface area contributed by atoms with E-state index in [0.717, 1.165) is 76.4 Å². The lowest BCUT2D eigenvalue weighted by Crippen LogP contribution is 0.0447. The maximum atomic E-state index is 1.07. The molecule has 12 aromatic heterocycles. The standard InChI is InChI=1S/3P4/c3*1-2-3(1)4(1)2. The van der Waals surface area contributed by atoms with E-state index < -0.39 is 0 Å². The van der Waals surface area contributed by atoms with Crippen LogP contribution in [0.1, 0.15) is 0 Å². The Morgan fingerprint density at radius 2 is 0.250 bits per heavy atom. The molecule has 12 rings (SSSR count). The zero-order chi connectivity index (χ0) is 6.93. The third kappa shape index (κ3) is 0.811. The Labute approximate surface area is 76.0 Å². The van der Waals surface area contributed by atoms with Crippen molar-refractivity contribution in [3.05, 3.63) is 0 Å². The molecular weight excluding hydrogens is 372 g/mol. The fraction of sp³-hybridized carbons (Fsp3) is 0. The van der Waals surface area contributed by atoms with Gasteiger partial charge in [-0.05, 0) is 0 Å². The Kier molecular flexibility index (Phi) is 1.02. The molecule has 0 nitrogen and oxygen atoms in total. The van der Waals surface area contributed by atoms with E-state index in [1.165, 1.54) is 0 Å². The van der Waals surface area contributed by atoms with Gasteiger partial charge in [-0.2, -0.15) is 0 Å². The highest BCUT2D eigenvalue weighted by molar-refractivity contribution is 9.38. The summed E-state index contributed by atoms with van der Waals surface area (Å²) in [6.45, 7) is 0. The van der Waals surface area contributed by atoms with Gasteiger partial charge in [-0.15, -0.1) is 0 Å². The first kappa shape index (κ1) is 7.13. The van der Waals surface area contributed by atoms with Gasteiger partial charge in [0.2, 0.25) is 0 Å². The zero-order valence-electron chi connectivity index (χ0n) is 5.37. The molecule has 0 aliphatic carbocycles. The van der Waals surface area contributed by atoms with Crippen molar-refractivity contribution >= 4 is 76.4 Å². The van der Waals surface area contributed by atoms with Crippen molar-refractivity contribution in [2.24, 2.45) is 0 Å². The molecule has 0 atom stereocenters. The second-order valence-electron chi connectivity index (χ2n) is 3.22. The third-order valence-corrected chi connectivity index (χ3v) is 146. The molecule has 0 fully saturated rings. The van der Waals surface area contributed by atoms with Gasteiger partial charge in [0.05, 0.1) is 0 Å². The van der Waals surface area contributed by atoms with Gasteiger partial charge in [-0.1, -0.05) is 0 Å². The van der Waals surface area contributed by atoms with E-state index in [9.17, 15) is 0 Å². The van der Waals surface area contributed by atoms with Gasteiger partial charge >= 0.3 is 0 Å². The third-order valence-electron chi connectivity index (χ3n) is 2.51. The maximum absolute atomic E-state index is 1.07. The molecular formula is P12. The molecule has 0 spiro atoms. The summed E-state index contributed by atoms with van der Waals surface area (Å²) in [6, 6.07) is 0. The Hall–Kier alpha value is 3.60. The maximum Gasteiger partial charge on any atom is 0 e. The van der Waals surface area contributed by atoms with Crippen molar-refractivity contribution in [3.8, 4) is 0 Å². The molecule has 12 heterocycles. The Morgan fingerprint density at radius 1 is 0.167 bits per heavy atom. The largest absolute Gasteiger partial charge is 0 e. The molecule has 0 aromatic carbocycles. The minimum atomic E-state index is 1.07. The first-order chi connectivity index (χ1) is 6.00. The molecule has 0 aliphatic rings. The summed E-state index contributed by atoms with van der Waals surface area (Å²) in [7, 11) is 0. The second kappa shape index (κ2) is 1.72. The lowest BCUT2D eigenvalue weighted by molar-refractivity contribution is 6.10. The van der Waals surface area contributed by atoms with Gasteiger partial charge in [-0.25, -0.2) is 0 Å². The Morgan fingerprint density at radius 3 is 0.250 bits per heavy atom. The van der Waals surface area contributed by atoms with Crippen molar-refractivity contribution in [2.75, 3.05) is 0 Å². The molecule has 0 N–H and O–H groups in total. The number of rotatable bonds is 0. The Bertz CT molecular complexity index is 601. The summed E-state index contributed by atoms with van der Waals surface area (Å²) in [5.74, 6) is 0. The van der Waals surface area contributed by atoms with Crippen LogP contribution in [-0.2, 0) is 0 Å². The number of hydrogen-bond donors (Lipinski definition) is 0. The Balaban J connectivity index is 0.0000000506. The fourth-order valence-corrected chi connectivity index (χ4v) is 186. The molecule has 12 aromatic rings. The van der Waals surface area contributed by atoms with Gasteiger partial charge in [0.25, 0.3) is 0 Å². The first-order valence-electron chi connectivity index (χ1n) is 3.60. The van der Waals surface area contributed by atoms with Crippen molar-refractivity contribution < 1.29 is 0 Å². The van der Waals surface area contributed by atoms with Gasteiger partial charge in [0, 0.05) is 76.4 Å². The van der Waals surface area contributed by atoms with E-state index in [1.807, 2.05) is 0 Å². The predicted molar refractivity (Wildman–Crippen MR) is 83.0 cm³/mol. The highest BCUT2D eigenvalue weighted by Crippen LogP contribution is 3.32. The van der Waals surface area contributed by atoms with Crippen LogP contribution in [0.15, 0.2) is 0 Å². The molecule has 60 valence electrons. The highest BCUT2D eigenvalue weighted by Gasteiger charge is 2.46. The lowest BCUT2D eigenvalue weighted by Gasteiger charge is -0.816. The smallest absolute Gasteiger partial charge is 0 e. The molecule has 0 amide bonds. The van der Waals surface area contributed by atoms with Crippen LogP contribution in [-0.4, -0.2) is 0 Å².